The summed E-state index contributed by atoms with van der Waals surface area (Å²) in [6.07, 6.45) is 4.97. The van der Waals surface area contributed by atoms with Gasteiger partial charge in [0, 0.05) is 5.39 Å². The second kappa shape index (κ2) is 4.91. The number of nitrogens with one attached hydrogen (secondary N) is 2. The van der Waals surface area contributed by atoms with E-state index in [0.717, 1.165) is 37.5 Å². The Hall–Kier alpha value is -2.21. The maximum Gasteiger partial charge on any atom is 0.347 e. The SMILES string of the molecule is O=C(Nc1nc(=O)[nH]c2ccccc12)C12CC3CC(CC(O)(C3)C1)C2. The summed E-state index contributed by atoms with van der Waals surface area (Å²) in [6, 6.07) is 7.31. The first-order chi connectivity index (χ1) is 11.9. The second-order valence-corrected chi connectivity index (χ2v) is 8.36. The van der Waals surface area contributed by atoms with E-state index in [4.69, 9.17) is 0 Å². The van der Waals surface area contributed by atoms with E-state index in [1.807, 2.05) is 18.2 Å². The molecular weight excluding hydrogens is 318 g/mol. The van der Waals surface area contributed by atoms with Gasteiger partial charge in [0.1, 0.15) is 5.82 Å². The molecule has 3 N–H and O–H groups in total. The van der Waals surface area contributed by atoms with Crippen molar-refractivity contribution in [3.05, 3.63) is 34.7 Å². The Labute approximate surface area is 144 Å². The van der Waals surface area contributed by atoms with Crippen molar-refractivity contribution in [3.8, 4) is 0 Å². The van der Waals surface area contributed by atoms with Crippen LogP contribution in [0.2, 0.25) is 0 Å². The topological polar surface area (TPSA) is 95.1 Å². The Kier molecular flexibility index (Phi) is 2.96. The minimum absolute atomic E-state index is 0.0942. The van der Waals surface area contributed by atoms with Gasteiger partial charge in [0.2, 0.25) is 5.91 Å². The van der Waals surface area contributed by atoms with Crippen molar-refractivity contribution in [1.29, 1.82) is 0 Å². The molecule has 0 spiro atoms. The van der Waals surface area contributed by atoms with Crippen LogP contribution in [0.25, 0.3) is 10.9 Å². The van der Waals surface area contributed by atoms with Crippen LogP contribution in [0.1, 0.15) is 38.5 Å². The number of benzene rings is 1. The van der Waals surface area contributed by atoms with E-state index >= 15 is 0 Å². The van der Waals surface area contributed by atoms with E-state index < -0.39 is 16.7 Å². The van der Waals surface area contributed by atoms with Crippen molar-refractivity contribution in [2.24, 2.45) is 17.3 Å². The number of aromatic amines is 1. The summed E-state index contributed by atoms with van der Waals surface area (Å²) in [5.74, 6) is 1.08. The van der Waals surface area contributed by atoms with Crippen molar-refractivity contribution in [1.82, 2.24) is 9.97 Å². The number of rotatable bonds is 2. The van der Waals surface area contributed by atoms with Crippen molar-refractivity contribution in [2.75, 3.05) is 5.32 Å². The third-order valence-electron chi connectivity index (χ3n) is 6.38. The van der Waals surface area contributed by atoms with Crippen molar-refractivity contribution in [2.45, 2.75) is 44.1 Å². The highest BCUT2D eigenvalue weighted by molar-refractivity contribution is 6.01. The standard InChI is InChI=1S/C19H21N3O3/c23-16(18-6-11-5-12(7-18)9-19(25,8-11)10-18)21-15-13-3-1-2-4-14(13)20-17(24)22-15/h1-4,11-12,25H,5-10H2,(H2,20,21,22,23,24). The first-order valence-corrected chi connectivity index (χ1v) is 8.98. The van der Waals surface area contributed by atoms with Crippen LogP contribution >= 0.6 is 0 Å². The first-order valence-electron chi connectivity index (χ1n) is 8.98. The number of aliphatic hydroxyl groups is 1. The molecule has 6 rings (SSSR count). The van der Waals surface area contributed by atoms with Crippen molar-refractivity contribution in [3.63, 3.8) is 0 Å². The zero-order valence-corrected chi connectivity index (χ0v) is 13.9. The fourth-order valence-corrected chi connectivity index (χ4v) is 5.92. The predicted molar refractivity (Wildman–Crippen MR) is 93.1 cm³/mol. The molecule has 4 bridgehead atoms. The zero-order chi connectivity index (χ0) is 17.2. The second-order valence-electron chi connectivity index (χ2n) is 8.36. The van der Waals surface area contributed by atoms with Gasteiger partial charge < -0.3 is 15.4 Å². The number of hydrogen-bond acceptors (Lipinski definition) is 4. The average Bonchev–Trinajstić information content (AvgIpc) is 2.52. The molecule has 0 aliphatic heterocycles. The summed E-state index contributed by atoms with van der Waals surface area (Å²) >= 11 is 0. The molecule has 6 nitrogen and oxygen atoms in total. The van der Waals surface area contributed by atoms with E-state index in [1.165, 1.54) is 0 Å². The minimum atomic E-state index is -0.689. The van der Waals surface area contributed by atoms with Crippen LogP contribution in [0.3, 0.4) is 0 Å². The van der Waals surface area contributed by atoms with Crippen LogP contribution in [0.4, 0.5) is 5.82 Å². The lowest BCUT2D eigenvalue weighted by Gasteiger charge is -2.59. The number of nitrogens with zero attached hydrogens (tertiary/aromatic N) is 1. The van der Waals surface area contributed by atoms with Gasteiger partial charge >= 0.3 is 5.69 Å². The van der Waals surface area contributed by atoms with Gasteiger partial charge in [-0.05, 0) is 62.5 Å². The van der Waals surface area contributed by atoms with Crippen LogP contribution in [0, 0.1) is 17.3 Å². The molecule has 4 aliphatic rings. The summed E-state index contributed by atoms with van der Waals surface area (Å²) in [5, 5.41) is 14.5. The molecule has 0 saturated heterocycles. The van der Waals surface area contributed by atoms with Crippen LogP contribution < -0.4 is 11.0 Å². The lowest BCUT2D eigenvalue weighted by molar-refractivity contribution is -0.174. The van der Waals surface area contributed by atoms with Gasteiger partial charge in [-0.3, -0.25) is 4.79 Å². The van der Waals surface area contributed by atoms with E-state index in [1.54, 1.807) is 6.07 Å². The van der Waals surface area contributed by atoms with Crippen LogP contribution in [0.5, 0.6) is 0 Å². The Bertz CT molecular complexity index is 921. The fraction of sp³-hybridized carbons (Fsp3) is 0.526. The molecule has 4 fully saturated rings. The summed E-state index contributed by atoms with van der Waals surface area (Å²) < 4.78 is 0. The van der Waals surface area contributed by atoms with Crippen LogP contribution in [-0.2, 0) is 4.79 Å². The number of carbonyl (C=O) groups excluding carboxylic acids is 1. The number of fused-ring (bicyclic) bond motifs is 1. The number of para-hydroxylation sites is 1. The molecule has 4 saturated carbocycles. The minimum Gasteiger partial charge on any atom is -0.390 e. The summed E-state index contributed by atoms with van der Waals surface area (Å²) in [7, 11) is 0. The Morgan fingerprint density at radius 3 is 2.64 bits per heavy atom. The lowest BCUT2D eigenvalue weighted by Crippen LogP contribution is -2.59. The van der Waals surface area contributed by atoms with Gasteiger partial charge in [0.15, 0.2) is 0 Å². The van der Waals surface area contributed by atoms with Gasteiger partial charge in [-0.15, -0.1) is 0 Å². The molecular formula is C19H21N3O3. The summed E-state index contributed by atoms with van der Waals surface area (Å²) in [4.78, 5) is 31.7. The Morgan fingerprint density at radius 2 is 1.92 bits per heavy atom. The number of H-pyrrole nitrogens is 1. The maximum atomic E-state index is 13.2. The van der Waals surface area contributed by atoms with Crippen molar-refractivity contribution < 1.29 is 9.90 Å². The smallest absolute Gasteiger partial charge is 0.347 e. The molecule has 2 unspecified atom stereocenters. The molecule has 1 aromatic heterocycles. The van der Waals surface area contributed by atoms with Crippen LogP contribution in [0.15, 0.2) is 29.1 Å². The molecule has 2 aromatic rings. The number of hydrogen-bond donors (Lipinski definition) is 3. The van der Waals surface area contributed by atoms with Gasteiger partial charge in [-0.25, -0.2) is 4.79 Å². The Morgan fingerprint density at radius 1 is 1.20 bits per heavy atom. The first kappa shape index (κ1) is 15.1. The quantitative estimate of drug-likeness (QED) is 0.781. The lowest BCUT2D eigenvalue weighted by atomic mass is 9.47. The highest BCUT2D eigenvalue weighted by atomic mass is 16.3. The van der Waals surface area contributed by atoms with E-state index in [2.05, 4.69) is 15.3 Å². The molecule has 25 heavy (non-hydrogen) atoms. The fourth-order valence-electron chi connectivity index (χ4n) is 5.92. The molecule has 1 amide bonds. The van der Waals surface area contributed by atoms with E-state index in [0.29, 0.717) is 29.6 Å². The summed E-state index contributed by atoms with van der Waals surface area (Å²) in [5.41, 5.74) is -1.03. The predicted octanol–water partition coefficient (Wildman–Crippen LogP) is 2.19. The molecule has 1 aromatic carbocycles. The average molecular weight is 339 g/mol. The van der Waals surface area contributed by atoms with Crippen LogP contribution in [-0.4, -0.2) is 26.6 Å². The normalized spacial score (nSPS) is 35.9. The van der Waals surface area contributed by atoms with E-state index in [-0.39, 0.29) is 5.91 Å². The van der Waals surface area contributed by atoms with Gasteiger partial charge in [0.05, 0.1) is 16.5 Å². The molecule has 4 aliphatic carbocycles. The molecule has 1 heterocycles. The highest BCUT2D eigenvalue weighted by Gasteiger charge is 2.60. The third-order valence-corrected chi connectivity index (χ3v) is 6.38. The number of anilines is 1. The molecule has 130 valence electrons. The van der Waals surface area contributed by atoms with Gasteiger partial charge in [0.25, 0.3) is 0 Å². The van der Waals surface area contributed by atoms with Crippen molar-refractivity contribution >= 4 is 22.6 Å². The third kappa shape index (κ3) is 2.31. The monoisotopic (exact) mass is 339 g/mol. The highest BCUT2D eigenvalue weighted by Crippen LogP contribution is 2.61. The number of carbonyl (C=O) groups is 1. The molecule has 6 heteroatoms. The van der Waals surface area contributed by atoms with E-state index in [9.17, 15) is 14.7 Å². The largest absolute Gasteiger partial charge is 0.390 e. The molecule has 0 radical (unpaired) electrons. The maximum absolute atomic E-state index is 13.2. The molecule has 2 atom stereocenters. The Balaban J connectivity index is 1.51. The van der Waals surface area contributed by atoms with Gasteiger partial charge in [-0.2, -0.15) is 4.98 Å². The summed E-state index contributed by atoms with van der Waals surface area (Å²) in [6.45, 7) is 0. The number of aromatic nitrogens is 2. The number of amides is 1. The zero-order valence-electron chi connectivity index (χ0n) is 13.9. The van der Waals surface area contributed by atoms with Gasteiger partial charge in [-0.1, -0.05) is 12.1 Å².